The maximum absolute atomic E-state index is 13.1. The summed E-state index contributed by atoms with van der Waals surface area (Å²) in [5.74, 6) is 3.13. The summed E-state index contributed by atoms with van der Waals surface area (Å²) in [6.07, 6.45) is 6.11. The van der Waals surface area contributed by atoms with Gasteiger partial charge in [-0.15, -0.1) is 6.42 Å². The number of aromatic nitrogens is 1. The Hall–Kier alpha value is -3.36. The first-order valence-electron chi connectivity index (χ1n) is 9.98. The van der Waals surface area contributed by atoms with Crippen LogP contribution in [0.15, 0.2) is 40.9 Å². The van der Waals surface area contributed by atoms with E-state index in [9.17, 15) is 13.2 Å². The van der Waals surface area contributed by atoms with E-state index in [0.29, 0.717) is 49.7 Å². The first-order chi connectivity index (χ1) is 15.0. The van der Waals surface area contributed by atoms with Gasteiger partial charge in [-0.1, -0.05) is 5.92 Å². The number of fused-ring (bicyclic) bond motifs is 1. The van der Waals surface area contributed by atoms with Crippen LogP contribution in [0.4, 0.5) is 4.79 Å². The zero-order valence-electron chi connectivity index (χ0n) is 16.7. The Balaban J connectivity index is 1.25. The molecule has 1 aromatic carbocycles. The molecule has 0 radical (unpaired) electrons. The number of rotatable bonds is 2. The van der Waals surface area contributed by atoms with Crippen LogP contribution in [0.5, 0.6) is 0 Å². The fourth-order valence-corrected chi connectivity index (χ4v) is 5.41. The lowest BCUT2D eigenvalue weighted by molar-refractivity contribution is 0.0948. The molecular formula is C20H22N6O4S. The van der Waals surface area contributed by atoms with Gasteiger partial charge >= 0.3 is 6.03 Å². The molecule has 0 bridgehead atoms. The third-order valence-corrected chi connectivity index (χ3v) is 7.54. The first kappa shape index (κ1) is 19.6. The minimum absolute atomic E-state index is 0.125. The number of amides is 2. The topological polar surface area (TPSA) is 110 Å². The summed E-state index contributed by atoms with van der Waals surface area (Å²) < 4.78 is 33.0. The Morgan fingerprint density at radius 3 is 2.71 bits per heavy atom. The van der Waals surface area contributed by atoms with E-state index in [0.717, 1.165) is 11.1 Å². The number of terminal acetylenes is 1. The lowest BCUT2D eigenvalue weighted by atomic mass is 10.2. The highest BCUT2D eigenvalue weighted by Crippen LogP contribution is 2.24. The maximum atomic E-state index is 13.1. The molecule has 5 rings (SSSR count). The smallest absolute Gasteiger partial charge is 0.338 e. The van der Waals surface area contributed by atoms with E-state index in [1.807, 2.05) is 0 Å². The molecule has 0 unspecified atom stereocenters. The van der Waals surface area contributed by atoms with Crippen LogP contribution in [0.3, 0.4) is 0 Å². The van der Waals surface area contributed by atoms with Crippen molar-refractivity contribution in [3.8, 4) is 12.3 Å². The molecule has 0 atom stereocenters. The Morgan fingerprint density at radius 1 is 1.13 bits per heavy atom. The Kier molecular flexibility index (Phi) is 4.68. The van der Waals surface area contributed by atoms with Crippen molar-refractivity contribution in [2.24, 2.45) is 0 Å². The molecule has 1 saturated heterocycles. The van der Waals surface area contributed by atoms with E-state index in [4.69, 9.17) is 11.2 Å². The molecule has 2 aromatic rings. The van der Waals surface area contributed by atoms with Crippen molar-refractivity contribution in [3.63, 3.8) is 0 Å². The second kappa shape index (κ2) is 7.40. The molecule has 10 nitrogen and oxygen atoms in total. The van der Waals surface area contributed by atoms with E-state index in [-0.39, 0.29) is 24.1 Å². The predicted molar refractivity (Wildman–Crippen MR) is 113 cm³/mol. The monoisotopic (exact) mass is 442 g/mol. The van der Waals surface area contributed by atoms with Gasteiger partial charge in [-0.05, 0) is 24.3 Å². The quantitative estimate of drug-likeness (QED) is 0.586. The highest BCUT2D eigenvalue weighted by molar-refractivity contribution is 7.89. The van der Waals surface area contributed by atoms with Crippen molar-refractivity contribution in [3.05, 3.63) is 41.4 Å². The Bertz CT molecular complexity index is 1220. The number of piperazine rings is 1. The van der Waals surface area contributed by atoms with Gasteiger partial charge in [0.25, 0.3) is 10.0 Å². The number of H-pyrrole nitrogens is 1. The number of hydrogen-bond donors (Lipinski definition) is 3. The summed E-state index contributed by atoms with van der Waals surface area (Å²) in [6, 6.07) is 6.72. The highest BCUT2D eigenvalue weighted by Gasteiger charge is 2.34. The summed E-state index contributed by atoms with van der Waals surface area (Å²) in [5.41, 5.74) is 5.35. The third-order valence-electron chi connectivity index (χ3n) is 5.72. The number of carbonyl (C=O) groups is 1. The first-order valence-corrected chi connectivity index (χ1v) is 11.4. The van der Waals surface area contributed by atoms with Gasteiger partial charge < -0.3 is 19.9 Å². The number of benzene rings is 1. The maximum Gasteiger partial charge on any atom is 0.338 e. The van der Waals surface area contributed by atoms with Crippen LogP contribution >= 0.6 is 0 Å². The van der Waals surface area contributed by atoms with Crippen molar-refractivity contribution in [2.75, 3.05) is 39.5 Å². The van der Waals surface area contributed by atoms with E-state index in [1.165, 1.54) is 9.31 Å². The number of carbonyl (C=O) groups excluding carboxylic acids is 1. The zero-order chi connectivity index (χ0) is 21.6. The fourth-order valence-electron chi connectivity index (χ4n) is 3.97. The molecule has 1 aromatic heterocycles. The number of hydrogen-bond acceptors (Lipinski definition) is 6. The van der Waals surface area contributed by atoms with Crippen LogP contribution in [-0.4, -0.2) is 73.1 Å². The molecule has 162 valence electrons. The van der Waals surface area contributed by atoms with Gasteiger partial charge in [0.05, 0.1) is 5.70 Å². The molecular weight excluding hydrogens is 420 g/mol. The molecule has 0 saturated carbocycles. The molecule has 3 aliphatic heterocycles. The predicted octanol–water partition coefficient (Wildman–Crippen LogP) is 0.532. The fraction of sp³-hybridized carbons (Fsp3) is 0.350. The Morgan fingerprint density at radius 2 is 1.94 bits per heavy atom. The average molecular weight is 443 g/mol. The number of urea groups is 1. The van der Waals surface area contributed by atoms with Gasteiger partial charge in [-0.2, -0.15) is 4.31 Å². The van der Waals surface area contributed by atoms with Crippen LogP contribution in [0.25, 0.3) is 10.9 Å². The largest absolute Gasteiger partial charge is 0.456 e. The van der Waals surface area contributed by atoms with Crippen LogP contribution in [0.1, 0.15) is 12.0 Å². The highest BCUT2D eigenvalue weighted by atomic mass is 32.2. The van der Waals surface area contributed by atoms with E-state index in [2.05, 4.69) is 21.6 Å². The molecule has 0 aliphatic carbocycles. The Labute approximate surface area is 179 Å². The minimum atomic E-state index is -3.71. The van der Waals surface area contributed by atoms with E-state index < -0.39 is 10.0 Å². The van der Waals surface area contributed by atoms with Crippen molar-refractivity contribution in [2.45, 2.75) is 11.4 Å². The average Bonchev–Trinajstić information content (AvgIpc) is 3.44. The third kappa shape index (κ3) is 3.43. The van der Waals surface area contributed by atoms with Gasteiger partial charge in [-0.25, -0.2) is 18.2 Å². The van der Waals surface area contributed by atoms with Gasteiger partial charge in [0.15, 0.2) is 6.73 Å². The number of hydrazine groups is 1. The summed E-state index contributed by atoms with van der Waals surface area (Å²) in [5, 5.41) is 5.49. The standard InChI is InChI=1S/C20H22N6O4S/c1-2-14-3-4-16-15(11-14)12-18(22-16)31(28,29)25-9-7-24(8-10-25)20(27)26-6-5-17-19(23-26)30-13-21-17/h1,3-4,11-12,21-23H,5-10,13H2. The molecule has 11 heteroatoms. The summed E-state index contributed by atoms with van der Waals surface area (Å²) >= 11 is 0. The number of ether oxygens (including phenoxy) is 1. The van der Waals surface area contributed by atoms with Crippen molar-refractivity contribution < 1.29 is 17.9 Å². The molecule has 3 aliphatic rings. The van der Waals surface area contributed by atoms with E-state index >= 15 is 0 Å². The molecule has 1 fully saturated rings. The van der Waals surface area contributed by atoms with Crippen LogP contribution in [0.2, 0.25) is 0 Å². The van der Waals surface area contributed by atoms with Crippen molar-refractivity contribution in [1.82, 2.24) is 29.9 Å². The SMILES string of the molecule is C#Cc1ccc2[nH]c(S(=O)(=O)N3CCN(C(=O)N4CCC5=C(N4)OCN5)CC3)cc2c1. The number of nitrogens with one attached hydrogen (secondary N) is 3. The molecule has 4 heterocycles. The molecule has 31 heavy (non-hydrogen) atoms. The minimum Gasteiger partial charge on any atom is -0.456 e. The second-order valence-electron chi connectivity index (χ2n) is 7.54. The molecule has 2 amide bonds. The number of sulfonamides is 1. The van der Waals surface area contributed by atoms with E-state index in [1.54, 1.807) is 29.2 Å². The number of nitrogens with zero attached hydrogens (tertiary/aromatic N) is 3. The lowest BCUT2D eigenvalue weighted by Crippen LogP contribution is -2.57. The van der Waals surface area contributed by atoms with Crippen LogP contribution in [0, 0.1) is 12.3 Å². The summed E-state index contributed by atoms with van der Waals surface area (Å²) in [4.78, 5) is 17.5. The van der Waals surface area contributed by atoms with Gasteiger partial charge in [-0.3, -0.25) is 5.43 Å². The van der Waals surface area contributed by atoms with Gasteiger partial charge in [0.1, 0.15) is 5.03 Å². The van der Waals surface area contributed by atoms with Crippen molar-refractivity contribution >= 4 is 27.0 Å². The van der Waals surface area contributed by atoms with Crippen LogP contribution < -0.4 is 10.7 Å². The number of aromatic amines is 1. The zero-order valence-corrected chi connectivity index (χ0v) is 17.5. The summed E-state index contributed by atoms with van der Waals surface area (Å²) in [6.45, 7) is 1.97. The normalized spacial score (nSPS) is 19.5. The van der Waals surface area contributed by atoms with Crippen LogP contribution in [-0.2, 0) is 14.8 Å². The van der Waals surface area contributed by atoms with Gasteiger partial charge in [0.2, 0.25) is 5.88 Å². The van der Waals surface area contributed by atoms with Crippen molar-refractivity contribution in [1.29, 1.82) is 0 Å². The second-order valence-corrected chi connectivity index (χ2v) is 9.45. The van der Waals surface area contributed by atoms with Gasteiger partial charge in [0, 0.05) is 55.6 Å². The molecule has 3 N–H and O–H groups in total. The summed E-state index contributed by atoms with van der Waals surface area (Å²) in [7, 11) is -3.71. The molecule has 0 spiro atoms. The lowest BCUT2D eigenvalue weighted by Gasteiger charge is -2.37.